The summed E-state index contributed by atoms with van der Waals surface area (Å²) in [6.07, 6.45) is -1.06. The molecule has 0 radical (unpaired) electrons. The monoisotopic (exact) mass is 306 g/mol. The van der Waals surface area contributed by atoms with Crippen LogP contribution in [0.2, 0.25) is 5.02 Å². The molecule has 5 heteroatoms. The van der Waals surface area contributed by atoms with E-state index < -0.39 is 23.6 Å². The predicted octanol–water partition coefficient (Wildman–Crippen LogP) is 5.59. The molecule has 2 rings (SSSR count). The quantitative estimate of drug-likeness (QED) is 0.707. The molecular formula is C15H18ClF3O. The van der Waals surface area contributed by atoms with Crippen molar-refractivity contribution in [3.8, 4) is 5.75 Å². The Labute approximate surface area is 122 Å². The van der Waals surface area contributed by atoms with Crippen LogP contribution in [0.5, 0.6) is 5.75 Å². The van der Waals surface area contributed by atoms with Crippen molar-refractivity contribution in [1.82, 2.24) is 0 Å². The maximum Gasteiger partial charge on any atom is 0.400 e. The third kappa shape index (κ3) is 3.22. The summed E-state index contributed by atoms with van der Waals surface area (Å²) in [5, 5.41) is -0.171. The van der Waals surface area contributed by atoms with E-state index in [-0.39, 0.29) is 5.02 Å². The second-order valence-electron chi connectivity index (χ2n) is 5.63. The largest absolute Gasteiger partial charge is 0.429 e. The molecule has 112 valence electrons. The van der Waals surface area contributed by atoms with Gasteiger partial charge in [0.1, 0.15) is 0 Å². The van der Waals surface area contributed by atoms with Crippen molar-refractivity contribution in [2.24, 2.45) is 11.8 Å². The summed E-state index contributed by atoms with van der Waals surface area (Å²) in [4.78, 5) is 0. The normalized spacial score (nSPS) is 23.7. The van der Waals surface area contributed by atoms with E-state index in [0.717, 1.165) is 12.8 Å². The van der Waals surface area contributed by atoms with Gasteiger partial charge in [-0.1, -0.05) is 37.4 Å². The number of hydrogen-bond acceptors (Lipinski definition) is 1. The van der Waals surface area contributed by atoms with Crippen molar-refractivity contribution in [2.45, 2.75) is 45.6 Å². The Morgan fingerprint density at radius 3 is 2.40 bits per heavy atom. The molecule has 0 saturated heterocycles. The zero-order valence-electron chi connectivity index (χ0n) is 11.6. The summed E-state index contributed by atoms with van der Waals surface area (Å²) in [5.74, 6) is -1.80. The van der Waals surface area contributed by atoms with Crippen molar-refractivity contribution in [3.63, 3.8) is 0 Å². The fourth-order valence-electron chi connectivity index (χ4n) is 2.53. The van der Waals surface area contributed by atoms with Gasteiger partial charge in [0.15, 0.2) is 11.6 Å². The first kappa shape index (κ1) is 15.5. The van der Waals surface area contributed by atoms with Crippen molar-refractivity contribution in [2.75, 3.05) is 0 Å². The number of benzene rings is 1. The highest BCUT2D eigenvalue weighted by molar-refractivity contribution is 6.31. The van der Waals surface area contributed by atoms with E-state index in [0.29, 0.717) is 24.3 Å². The maximum absolute atomic E-state index is 14.1. The van der Waals surface area contributed by atoms with Gasteiger partial charge in [0.2, 0.25) is 0 Å². The molecule has 20 heavy (non-hydrogen) atoms. The SMILES string of the molecule is Cc1ccc(OC(F)(F)C2CCC(C)CC2)c(F)c1Cl. The minimum absolute atomic E-state index is 0.171. The Hall–Kier alpha value is -0.900. The summed E-state index contributed by atoms with van der Waals surface area (Å²) in [6.45, 7) is 3.66. The van der Waals surface area contributed by atoms with Crippen LogP contribution < -0.4 is 4.74 Å². The zero-order valence-corrected chi connectivity index (χ0v) is 12.3. The molecule has 0 amide bonds. The number of ether oxygens (including phenoxy) is 1. The Bertz CT molecular complexity index is 482. The predicted molar refractivity (Wildman–Crippen MR) is 72.8 cm³/mol. The lowest BCUT2D eigenvalue weighted by Gasteiger charge is -2.32. The fourth-order valence-corrected chi connectivity index (χ4v) is 2.69. The van der Waals surface area contributed by atoms with Crippen molar-refractivity contribution >= 4 is 11.6 Å². The Kier molecular flexibility index (Phi) is 4.52. The molecule has 0 bridgehead atoms. The molecule has 1 fully saturated rings. The average Bonchev–Trinajstić information content (AvgIpc) is 2.40. The number of alkyl halides is 2. The van der Waals surface area contributed by atoms with E-state index >= 15 is 0 Å². The van der Waals surface area contributed by atoms with E-state index in [1.165, 1.54) is 12.1 Å². The van der Waals surface area contributed by atoms with Crippen LogP contribution in [0.25, 0.3) is 0 Å². The standard InChI is InChI=1S/C15H18ClF3O/c1-9-3-6-11(7-4-9)15(18,19)20-12-8-5-10(2)13(16)14(12)17/h5,8-9,11H,3-4,6-7H2,1-2H3. The van der Waals surface area contributed by atoms with Crippen molar-refractivity contribution in [3.05, 3.63) is 28.5 Å². The molecular weight excluding hydrogens is 289 g/mol. The van der Waals surface area contributed by atoms with Gasteiger partial charge in [0.05, 0.1) is 10.9 Å². The second kappa shape index (κ2) is 5.84. The number of halogens is 4. The van der Waals surface area contributed by atoms with Crippen LogP contribution in [0.4, 0.5) is 13.2 Å². The molecule has 0 atom stereocenters. The van der Waals surface area contributed by atoms with Gasteiger partial charge in [-0.15, -0.1) is 0 Å². The molecule has 0 N–H and O–H groups in total. The smallest absolute Gasteiger partial charge is 0.400 e. The molecule has 1 aromatic carbocycles. The topological polar surface area (TPSA) is 9.23 Å². The highest BCUT2D eigenvalue weighted by Crippen LogP contribution is 2.41. The summed E-state index contributed by atoms with van der Waals surface area (Å²) in [5.41, 5.74) is 0.492. The lowest BCUT2D eigenvalue weighted by Crippen LogP contribution is -2.37. The Morgan fingerprint density at radius 1 is 1.20 bits per heavy atom. The van der Waals surface area contributed by atoms with Crippen LogP contribution in [-0.2, 0) is 0 Å². The molecule has 0 spiro atoms. The molecule has 1 aromatic rings. The molecule has 0 aliphatic heterocycles. The van der Waals surface area contributed by atoms with Crippen LogP contribution >= 0.6 is 11.6 Å². The molecule has 0 heterocycles. The van der Waals surface area contributed by atoms with Gasteiger partial charge in [-0.05, 0) is 37.3 Å². The molecule has 1 nitrogen and oxygen atoms in total. The van der Waals surface area contributed by atoms with Crippen molar-refractivity contribution < 1.29 is 17.9 Å². The first-order valence-electron chi connectivity index (χ1n) is 6.82. The zero-order chi connectivity index (χ0) is 14.9. The molecule has 0 aromatic heterocycles. The third-order valence-electron chi connectivity index (χ3n) is 3.98. The Morgan fingerprint density at radius 2 is 1.80 bits per heavy atom. The van der Waals surface area contributed by atoms with E-state index in [4.69, 9.17) is 11.6 Å². The van der Waals surface area contributed by atoms with Gasteiger partial charge in [-0.3, -0.25) is 0 Å². The van der Waals surface area contributed by atoms with Crippen LogP contribution in [0.1, 0.15) is 38.2 Å². The number of aryl methyl sites for hydroxylation is 1. The van der Waals surface area contributed by atoms with Crippen molar-refractivity contribution in [1.29, 1.82) is 0 Å². The first-order chi connectivity index (χ1) is 9.31. The third-order valence-corrected chi connectivity index (χ3v) is 4.44. The molecule has 1 aliphatic rings. The summed E-state index contributed by atoms with van der Waals surface area (Å²) in [7, 11) is 0. The highest BCUT2D eigenvalue weighted by Gasteiger charge is 2.44. The van der Waals surface area contributed by atoms with Gasteiger partial charge >= 0.3 is 6.11 Å². The second-order valence-corrected chi connectivity index (χ2v) is 6.01. The van der Waals surface area contributed by atoms with Gasteiger partial charge in [-0.25, -0.2) is 4.39 Å². The van der Waals surface area contributed by atoms with Crippen LogP contribution in [-0.4, -0.2) is 6.11 Å². The fraction of sp³-hybridized carbons (Fsp3) is 0.600. The lowest BCUT2D eigenvalue weighted by molar-refractivity contribution is -0.224. The lowest BCUT2D eigenvalue weighted by atomic mass is 9.82. The van der Waals surface area contributed by atoms with Crippen LogP contribution in [0.15, 0.2) is 12.1 Å². The number of hydrogen-bond donors (Lipinski definition) is 0. The van der Waals surface area contributed by atoms with Gasteiger partial charge in [-0.2, -0.15) is 8.78 Å². The number of rotatable bonds is 3. The maximum atomic E-state index is 14.1. The minimum atomic E-state index is -3.36. The van der Waals surface area contributed by atoms with E-state index in [1.807, 2.05) is 0 Å². The van der Waals surface area contributed by atoms with E-state index in [2.05, 4.69) is 11.7 Å². The first-order valence-corrected chi connectivity index (χ1v) is 7.20. The summed E-state index contributed by atoms with van der Waals surface area (Å²) < 4.78 is 46.7. The average molecular weight is 307 g/mol. The van der Waals surface area contributed by atoms with E-state index in [9.17, 15) is 13.2 Å². The molecule has 1 aliphatic carbocycles. The summed E-state index contributed by atoms with van der Waals surface area (Å²) in [6, 6.07) is 2.68. The van der Waals surface area contributed by atoms with Crippen LogP contribution in [0, 0.1) is 24.6 Å². The summed E-state index contributed by atoms with van der Waals surface area (Å²) >= 11 is 5.72. The minimum Gasteiger partial charge on any atom is -0.429 e. The van der Waals surface area contributed by atoms with Gasteiger partial charge < -0.3 is 4.74 Å². The van der Waals surface area contributed by atoms with Gasteiger partial charge in [0.25, 0.3) is 0 Å². The highest BCUT2D eigenvalue weighted by atomic mass is 35.5. The van der Waals surface area contributed by atoms with Gasteiger partial charge in [0, 0.05) is 0 Å². The van der Waals surface area contributed by atoms with E-state index in [1.54, 1.807) is 6.92 Å². The Balaban J connectivity index is 2.14. The molecule has 1 saturated carbocycles. The molecule has 0 unspecified atom stereocenters. The van der Waals surface area contributed by atoms with Crippen LogP contribution in [0.3, 0.4) is 0 Å².